The van der Waals surface area contributed by atoms with Crippen LogP contribution in [0.3, 0.4) is 0 Å². The first-order valence-electron chi connectivity index (χ1n) is 22.7. The lowest BCUT2D eigenvalue weighted by Crippen LogP contribution is -2.29. The van der Waals surface area contributed by atoms with Gasteiger partial charge in [-0.2, -0.15) is 0 Å². The minimum absolute atomic E-state index is 0.00863. The van der Waals surface area contributed by atoms with E-state index in [1.54, 1.807) is 0 Å². The van der Waals surface area contributed by atoms with Gasteiger partial charge in [0.25, 0.3) is 0 Å². The molecule has 59 heavy (non-hydrogen) atoms. The first kappa shape index (κ1) is 56.4. The van der Waals surface area contributed by atoms with Gasteiger partial charge in [0.15, 0.2) is 0 Å². The van der Waals surface area contributed by atoms with Crippen LogP contribution in [0.4, 0.5) is 0 Å². The van der Waals surface area contributed by atoms with E-state index in [-0.39, 0.29) is 13.0 Å². The molecule has 3 atom stereocenters. The smallest absolute Gasteiger partial charge is 0.457 e. The Balaban J connectivity index is 4.31. The number of phosphoric ester groups is 1. The van der Waals surface area contributed by atoms with E-state index in [0.29, 0.717) is 13.0 Å². The molecule has 0 saturated heterocycles. The zero-order valence-electron chi connectivity index (χ0n) is 36.9. The molecule has 0 radical (unpaired) electrons. The highest BCUT2D eigenvalue weighted by Gasteiger charge is 2.26. The first-order chi connectivity index (χ1) is 28.8. The maximum Gasteiger partial charge on any atom is 0.472 e. The second-order valence-corrected chi connectivity index (χ2v) is 16.1. The maximum atomic E-state index is 12.6. The number of carbonyl (C=O) groups excluding carboxylic acids is 1. The van der Waals surface area contributed by atoms with Crippen LogP contribution in [0.25, 0.3) is 0 Å². The number of aliphatic hydroxyl groups excluding tert-OH is 2. The normalized spacial score (nSPS) is 14.9. The van der Waals surface area contributed by atoms with Crippen molar-refractivity contribution in [2.75, 3.05) is 33.0 Å². The maximum absolute atomic E-state index is 12.6. The van der Waals surface area contributed by atoms with Crippen LogP contribution in [0.1, 0.15) is 162 Å². The first-order valence-corrected chi connectivity index (χ1v) is 24.2. The summed E-state index contributed by atoms with van der Waals surface area (Å²) in [5.74, 6) is -0.470. The van der Waals surface area contributed by atoms with Gasteiger partial charge in [-0.25, -0.2) is 4.57 Å². The van der Waals surface area contributed by atoms with Gasteiger partial charge in [-0.15, -0.1) is 0 Å². The molecule has 0 aliphatic heterocycles. The Morgan fingerprint density at radius 2 is 0.966 bits per heavy atom. The van der Waals surface area contributed by atoms with Crippen molar-refractivity contribution in [2.24, 2.45) is 0 Å². The number of esters is 1. The molecule has 0 spiro atoms. The molecule has 9 nitrogen and oxygen atoms in total. The van der Waals surface area contributed by atoms with E-state index in [0.717, 1.165) is 70.6 Å². The van der Waals surface area contributed by atoms with Crippen LogP contribution in [-0.4, -0.2) is 66.3 Å². The minimum Gasteiger partial charge on any atom is -0.457 e. The summed E-state index contributed by atoms with van der Waals surface area (Å²) in [4.78, 5) is 22.6. The summed E-state index contributed by atoms with van der Waals surface area (Å²) in [7, 11) is -4.55. The van der Waals surface area contributed by atoms with Crippen LogP contribution < -0.4 is 0 Å². The Morgan fingerprint density at radius 3 is 1.46 bits per heavy atom. The standard InChI is InChI=1S/C49H83O9P/c1-3-5-7-9-11-13-15-17-19-21-23-25-27-29-31-33-35-37-39-41-49(52)58-48(46-57-59(53,54)56-44-47(51)43-50)45-55-42-40-38-36-34-32-30-28-26-24-22-20-18-16-14-12-10-8-6-4-2/h5,7,11,13-14,16-17,19-20,22-23,25,29,31,35,37,47-48,50-51H,3-4,6,8-10,12,15,18,21,24,26-28,30,32-34,36,38-46H2,1-2H3,(H,53,54)/b7-5-,13-11-,16-14-,19-17-,22-20-,25-23-,31-29-,37-35-. The quantitative estimate of drug-likeness (QED) is 0.0238. The van der Waals surface area contributed by atoms with Crippen LogP contribution >= 0.6 is 7.82 Å². The van der Waals surface area contributed by atoms with Gasteiger partial charge in [-0.3, -0.25) is 13.8 Å². The van der Waals surface area contributed by atoms with Gasteiger partial charge in [-0.05, 0) is 83.5 Å². The zero-order chi connectivity index (χ0) is 43.2. The highest BCUT2D eigenvalue weighted by Crippen LogP contribution is 2.43. The SMILES string of the molecule is CC/C=C\C/C=C\C/C=C\C/C=C\C/C=C\C/C=C\CCC(=O)OC(COCCCCCCCCCC/C=C\C/C=C\CCCCCC)COP(=O)(O)OCC(O)CO. The van der Waals surface area contributed by atoms with Gasteiger partial charge in [0.1, 0.15) is 12.2 Å². The summed E-state index contributed by atoms with van der Waals surface area (Å²) in [5, 5.41) is 18.4. The van der Waals surface area contributed by atoms with Gasteiger partial charge in [0.05, 0.1) is 26.4 Å². The predicted molar refractivity (Wildman–Crippen MR) is 246 cm³/mol. The summed E-state index contributed by atoms with van der Waals surface area (Å²) >= 11 is 0. The van der Waals surface area contributed by atoms with E-state index >= 15 is 0 Å². The molecule has 0 amide bonds. The van der Waals surface area contributed by atoms with Gasteiger partial charge in [0, 0.05) is 13.0 Å². The number of ether oxygens (including phenoxy) is 2. The molecule has 0 saturated carbocycles. The van der Waals surface area contributed by atoms with Crippen LogP contribution in [-0.2, 0) is 27.9 Å². The van der Waals surface area contributed by atoms with E-state index in [2.05, 4.69) is 98.9 Å². The lowest BCUT2D eigenvalue weighted by atomic mass is 10.1. The fraction of sp³-hybridized carbons (Fsp3) is 0.653. The number of carbonyl (C=O) groups is 1. The van der Waals surface area contributed by atoms with Gasteiger partial charge in [-0.1, -0.05) is 169 Å². The van der Waals surface area contributed by atoms with Gasteiger partial charge >= 0.3 is 13.8 Å². The highest BCUT2D eigenvalue weighted by molar-refractivity contribution is 7.47. The number of unbranched alkanes of at least 4 members (excludes halogenated alkanes) is 12. The molecule has 0 aliphatic rings. The molecule has 0 fully saturated rings. The van der Waals surface area contributed by atoms with E-state index in [1.807, 2.05) is 12.2 Å². The third-order valence-electron chi connectivity index (χ3n) is 9.02. The molecule has 0 aromatic heterocycles. The Hall–Kier alpha value is -2.62. The molecule has 0 aliphatic carbocycles. The summed E-state index contributed by atoms with van der Waals surface area (Å²) in [6.07, 6.45) is 56.6. The van der Waals surface area contributed by atoms with Crippen molar-refractivity contribution in [2.45, 2.75) is 174 Å². The molecule has 0 aromatic rings. The molecule has 0 bridgehead atoms. The molecule has 3 N–H and O–H groups in total. The monoisotopic (exact) mass is 847 g/mol. The Morgan fingerprint density at radius 1 is 0.542 bits per heavy atom. The van der Waals surface area contributed by atoms with Crippen LogP contribution in [0.15, 0.2) is 97.2 Å². The number of hydrogen-bond donors (Lipinski definition) is 3. The Kier molecular flexibility index (Phi) is 42.9. The van der Waals surface area contributed by atoms with Crippen LogP contribution in [0.2, 0.25) is 0 Å². The fourth-order valence-electron chi connectivity index (χ4n) is 5.59. The average molecular weight is 847 g/mol. The molecular formula is C49H83O9P. The lowest BCUT2D eigenvalue weighted by Gasteiger charge is -2.20. The van der Waals surface area contributed by atoms with Crippen molar-refractivity contribution >= 4 is 13.8 Å². The van der Waals surface area contributed by atoms with Crippen molar-refractivity contribution in [3.05, 3.63) is 97.2 Å². The van der Waals surface area contributed by atoms with Gasteiger partial charge in [0.2, 0.25) is 0 Å². The average Bonchev–Trinajstić information content (AvgIpc) is 3.23. The fourth-order valence-corrected chi connectivity index (χ4v) is 6.38. The number of phosphoric acid groups is 1. The third kappa shape index (κ3) is 44.8. The van der Waals surface area contributed by atoms with E-state index in [1.165, 1.54) is 64.2 Å². The Bertz CT molecular complexity index is 1230. The molecule has 3 unspecified atom stereocenters. The number of allylic oxidation sites excluding steroid dienone is 16. The van der Waals surface area contributed by atoms with Crippen LogP contribution in [0.5, 0.6) is 0 Å². The minimum atomic E-state index is -4.55. The van der Waals surface area contributed by atoms with Crippen molar-refractivity contribution < 1.29 is 43.0 Å². The number of aliphatic hydroxyl groups is 2. The second-order valence-electron chi connectivity index (χ2n) is 14.7. The summed E-state index contributed by atoms with van der Waals surface area (Å²) in [6, 6.07) is 0. The molecule has 0 aromatic carbocycles. The molecular weight excluding hydrogens is 764 g/mol. The summed E-state index contributed by atoms with van der Waals surface area (Å²) in [5.41, 5.74) is 0. The number of rotatable bonds is 42. The molecule has 0 heterocycles. The summed E-state index contributed by atoms with van der Waals surface area (Å²) < 4.78 is 33.3. The lowest BCUT2D eigenvalue weighted by molar-refractivity contribution is -0.154. The highest BCUT2D eigenvalue weighted by atomic mass is 31.2. The van der Waals surface area contributed by atoms with Crippen molar-refractivity contribution in [3.8, 4) is 0 Å². The van der Waals surface area contributed by atoms with E-state index in [4.69, 9.17) is 23.6 Å². The molecule has 338 valence electrons. The number of hydrogen-bond acceptors (Lipinski definition) is 8. The zero-order valence-corrected chi connectivity index (χ0v) is 37.8. The molecule has 0 rings (SSSR count). The Labute approximate surface area is 359 Å². The predicted octanol–water partition coefficient (Wildman–Crippen LogP) is 12.9. The van der Waals surface area contributed by atoms with Gasteiger partial charge < -0.3 is 24.6 Å². The molecule has 10 heteroatoms. The van der Waals surface area contributed by atoms with Crippen LogP contribution in [0, 0.1) is 0 Å². The van der Waals surface area contributed by atoms with Crippen molar-refractivity contribution in [1.82, 2.24) is 0 Å². The van der Waals surface area contributed by atoms with E-state index < -0.39 is 45.8 Å². The topological polar surface area (TPSA) is 132 Å². The third-order valence-corrected chi connectivity index (χ3v) is 9.97. The second kappa shape index (κ2) is 44.9. The van der Waals surface area contributed by atoms with Crippen molar-refractivity contribution in [1.29, 1.82) is 0 Å². The summed E-state index contributed by atoms with van der Waals surface area (Å²) in [6.45, 7) is 3.25. The van der Waals surface area contributed by atoms with E-state index in [9.17, 15) is 19.4 Å². The van der Waals surface area contributed by atoms with Crippen molar-refractivity contribution in [3.63, 3.8) is 0 Å². The largest absolute Gasteiger partial charge is 0.472 e.